The number of aromatic amines is 1. The fourth-order valence-electron chi connectivity index (χ4n) is 3.64. The SMILES string of the molecule is O=C1CN(C[C@@H]2CCC[C@@H](NC(=O)Cc3ccn[nH]3)C2)CCN1. The van der Waals surface area contributed by atoms with Crippen molar-refractivity contribution < 1.29 is 9.59 Å². The average molecular weight is 319 g/mol. The van der Waals surface area contributed by atoms with E-state index in [0.717, 1.165) is 44.6 Å². The van der Waals surface area contributed by atoms with Crippen molar-refractivity contribution in [3.05, 3.63) is 18.0 Å². The maximum absolute atomic E-state index is 12.1. The molecule has 3 rings (SSSR count). The first-order valence-corrected chi connectivity index (χ1v) is 8.45. The molecule has 2 atom stereocenters. The molecule has 0 bridgehead atoms. The highest BCUT2D eigenvalue weighted by atomic mass is 16.2. The Morgan fingerprint density at radius 3 is 3.13 bits per heavy atom. The summed E-state index contributed by atoms with van der Waals surface area (Å²) in [6.45, 7) is 3.14. The molecule has 2 heterocycles. The fourth-order valence-corrected chi connectivity index (χ4v) is 3.64. The van der Waals surface area contributed by atoms with E-state index in [2.05, 4.69) is 25.7 Å². The summed E-state index contributed by atoms with van der Waals surface area (Å²) in [6, 6.07) is 2.08. The van der Waals surface area contributed by atoms with E-state index >= 15 is 0 Å². The van der Waals surface area contributed by atoms with Crippen molar-refractivity contribution in [3.63, 3.8) is 0 Å². The second kappa shape index (κ2) is 7.59. The molecule has 2 amide bonds. The molecule has 126 valence electrons. The molecule has 0 radical (unpaired) electrons. The molecular weight excluding hydrogens is 294 g/mol. The minimum Gasteiger partial charge on any atom is -0.354 e. The molecular formula is C16H25N5O2. The van der Waals surface area contributed by atoms with Crippen LogP contribution in [0, 0.1) is 5.92 Å². The van der Waals surface area contributed by atoms with Crippen molar-refractivity contribution in [2.45, 2.75) is 38.1 Å². The van der Waals surface area contributed by atoms with Crippen molar-refractivity contribution in [1.82, 2.24) is 25.7 Å². The summed E-state index contributed by atoms with van der Waals surface area (Å²) in [5.41, 5.74) is 0.842. The van der Waals surface area contributed by atoms with E-state index in [4.69, 9.17) is 0 Å². The van der Waals surface area contributed by atoms with E-state index in [0.29, 0.717) is 18.9 Å². The number of carbonyl (C=O) groups excluding carboxylic acids is 2. The van der Waals surface area contributed by atoms with E-state index < -0.39 is 0 Å². The number of hydrogen-bond donors (Lipinski definition) is 3. The molecule has 2 aliphatic rings. The summed E-state index contributed by atoms with van der Waals surface area (Å²) in [6.07, 6.45) is 6.39. The number of carbonyl (C=O) groups is 2. The highest BCUT2D eigenvalue weighted by Gasteiger charge is 2.26. The zero-order chi connectivity index (χ0) is 16.1. The van der Waals surface area contributed by atoms with Gasteiger partial charge in [-0.25, -0.2) is 0 Å². The van der Waals surface area contributed by atoms with Crippen molar-refractivity contribution in [1.29, 1.82) is 0 Å². The van der Waals surface area contributed by atoms with Gasteiger partial charge >= 0.3 is 0 Å². The molecule has 1 aliphatic carbocycles. The summed E-state index contributed by atoms with van der Waals surface area (Å²) in [5, 5.41) is 12.7. The predicted octanol–water partition coefficient (Wildman–Crippen LogP) is 0.0590. The van der Waals surface area contributed by atoms with Gasteiger partial charge in [0.05, 0.1) is 13.0 Å². The van der Waals surface area contributed by atoms with Gasteiger partial charge in [0.2, 0.25) is 11.8 Å². The molecule has 0 aromatic carbocycles. The molecule has 1 aromatic rings. The lowest BCUT2D eigenvalue weighted by molar-refractivity contribution is -0.124. The van der Waals surface area contributed by atoms with E-state index in [1.54, 1.807) is 6.20 Å². The first kappa shape index (κ1) is 16.0. The molecule has 1 saturated heterocycles. The van der Waals surface area contributed by atoms with Crippen LogP contribution in [0.25, 0.3) is 0 Å². The van der Waals surface area contributed by atoms with E-state index in [-0.39, 0.29) is 17.9 Å². The van der Waals surface area contributed by atoms with Crippen LogP contribution in [0.5, 0.6) is 0 Å². The first-order chi connectivity index (χ1) is 11.2. The number of amides is 2. The van der Waals surface area contributed by atoms with Gasteiger partial charge in [0.25, 0.3) is 0 Å². The topological polar surface area (TPSA) is 90.1 Å². The lowest BCUT2D eigenvalue weighted by atomic mass is 9.85. The van der Waals surface area contributed by atoms with Gasteiger partial charge in [-0.3, -0.25) is 19.6 Å². The second-order valence-electron chi connectivity index (χ2n) is 6.64. The Hall–Kier alpha value is -1.89. The summed E-state index contributed by atoms with van der Waals surface area (Å²) in [4.78, 5) is 25.8. The van der Waals surface area contributed by atoms with Gasteiger partial charge < -0.3 is 10.6 Å². The maximum atomic E-state index is 12.1. The molecule has 7 heteroatoms. The van der Waals surface area contributed by atoms with Crippen LogP contribution < -0.4 is 10.6 Å². The van der Waals surface area contributed by atoms with Crippen LogP contribution in [-0.2, 0) is 16.0 Å². The summed E-state index contributed by atoms with van der Waals surface area (Å²) < 4.78 is 0. The fraction of sp³-hybridized carbons (Fsp3) is 0.688. The van der Waals surface area contributed by atoms with E-state index in [9.17, 15) is 9.59 Å². The number of H-pyrrole nitrogens is 1. The van der Waals surface area contributed by atoms with Gasteiger partial charge in [-0.15, -0.1) is 0 Å². The molecule has 1 saturated carbocycles. The van der Waals surface area contributed by atoms with Crippen LogP contribution >= 0.6 is 0 Å². The van der Waals surface area contributed by atoms with Crippen LogP contribution in [0.4, 0.5) is 0 Å². The predicted molar refractivity (Wildman–Crippen MR) is 85.6 cm³/mol. The van der Waals surface area contributed by atoms with Crippen LogP contribution in [0.15, 0.2) is 12.3 Å². The first-order valence-electron chi connectivity index (χ1n) is 8.45. The quantitative estimate of drug-likeness (QED) is 0.716. The van der Waals surface area contributed by atoms with Gasteiger partial charge in [-0.1, -0.05) is 6.42 Å². The Balaban J connectivity index is 1.44. The summed E-state index contributed by atoms with van der Waals surface area (Å²) in [7, 11) is 0. The number of nitrogens with one attached hydrogen (secondary N) is 3. The standard InChI is InChI=1S/C16H25N5O2/c22-15(9-14-4-5-18-20-14)19-13-3-1-2-12(8-13)10-21-7-6-17-16(23)11-21/h4-5,12-13H,1-3,6-11H2,(H,17,23)(H,18,20)(H,19,22)/t12-,13-/m1/s1. The molecule has 7 nitrogen and oxygen atoms in total. The van der Waals surface area contributed by atoms with Gasteiger partial charge in [-0.2, -0.15) is 5.10 Å². The van der Waals surface area contributed by atoms with E-state index in [1.807, 2.05) is 6.07 Å². The van der Waals surface area contributed by atoms with Gasteiger partial charge in [-0.05, 0) is 31.2 Å². The summed E-state index contributed by atoms with van der Waals surface area (Å²) in [5.74, 6) is 0.737. The van der Waals surface area contributed by atoms with Crippen molar-refractivity contribution in [3.8, 4) is 0 Å². The largest absolute Gasteiger partial charge is 0.354 e. The van der Waals surface area contributed by atoms with Crippen molar-refractivity contribution >= 4 is 11.8 Å². The third-order valence-corrected chi connectivity index (χ3v) is 4.69. The molecule has 0 unspecified atom stereocenters. The maximum Gasteiger partial charge on any atom is 0.234 e. The van der Waals surface area contributed by atoms with Gasteiger partial charge in [0.15, 0.2) is 0 Å². The van der Waals surface area contributed by atoms with Crippen LogP contribution in [0.3, 0.4) is 0 Å². The van der Waals surface area contributed by atoms with Crippen molar-refractivity contribution in [2.75, 3.05) is 26.2 Å². The Morgan fingerprint density at radius 1 is 1.43 bits per heavy atom. The highest BCUT2D eigenvalue weighted by Crippen LogP contribution is 2.25. The Morgan fingerprint density at radius 2 is 2.35 bits per heavy atom. The molecule has 1 aliphatic heterocycles. The third kappa shape index (κ3) is 4.79. The molecule has 23 heavy (non-hydrogen) atoms. The number of rotatable bonds is 5. The summed E-state index contributed by atoms with van der Waals surface area (Å²) >= 11 is 0. The van der Waals surface area contributed by atoms with Crippen LogP contribution in [0.1, 0.15) is 31.4 Å². The lowest BCUT2D eigenvalue weighted by Crippen LogP contribution is -2.50. The smallest absolute Gasteiger partial charge is 0.234 e. The molecule has 0 spiro atoms. The Labute approximate surface area is 136 Å². The number of nitrogens with zero attached hydrogens (tertiary/aromatic N) is 2. The van der Waals surface area contributed by atoms with Crippen LogP contribution in [-0.4, -0.2) is 59.1 Å². The minimum absolute atomic E-state index is 0.0530. The molecule has 1 aromatic heterocycles. The zero-order valence-electron chi connectivity index (χ0n) is 13.4. The molecule has 3 N–H and O–H groups in total. The normalized spacial score (nSPS) is 25.8. The number of piperazine rings is 1. The number of hydrogen-bond acceptors (Lipinski definition) is 4. The van der Waals surface area contributed by atoms with Crippen molar-refractivity contribution in [2.24, 2.45) is 5.92 Å². The van der Waals surface area contributed by atoms with Gasteiger partial charge in [0.1, 0.15) is 0 Å². The second-order valence-corrected chi connectivity index (χ2v) is 6.64. The lowest BCUT2D eigenvalue weighted by Gasteiger charge is -2.35. The Kier molecular flexibility index (Phi) is 5.27. The van der Waals surface area contributed by atoms with Gasteiger partial charge in [0, 0.05) is 37.6 Å². The number of aromatic nitrogens is 2. The third-order valence-electron chi connectivity index (χ3n) is 4.69. The zero-order valence-corrected chi connectivity index (χ0v) is 13.4. The molecule has 2 fully saturated rings. The minimum atomic E-state index is 0.0530. The average Bonchev–Trinajstić information content (AvgIpc) is 3.00. The van der Waals surface area contributed by atoms with E-state index in [1.165, 1.54) is 6.42 Å². The monoisotopic (exact) mass is 319 g/mol. The Bertz CT molecular complexity index is 531. The highest BCUT2D eigenvalue weighted by molar-refractivity contribution is 5.79. The van der Waals surface area contributed by atoms with Crippen LogP contribution in [0.2, 0.25) is 0 Å².